The average molecular weight is 220 g/mol. The van der Waals surface area contributed by atoms with Crippen LogP contribution in [0.1, 0.15) is 19.3 Å². The number of nitrogens with one attached hydrogen (secondary N) is 1. The van der Waals surface area contributed by atoms with Crippen LogP contribution in [0.2, 0.25) is 0 Å². The normalized spacial score (nSPS) is 36.5. The number of hydrogen-bond donors (Lipinski definition) is 2. The van der Waals surface area contributed by atoms with E-state index in [0.717, 1.165) is 19.3 Å². The van der Waals surface area contributed by atoms with Gasteiger partial charge >= 0.3 is 0 Å². The average Bonchev–Trinajstić information content (AvgIpc) is 2.62. The topological polar surface area (TPSA) is 81.4 Å². The quantitative estimate of drug-likeness (QED) is 0.649. The van der Waals surface area contributed by atoms with Crippen molar-refractivity contribution in [2.45, 2.75) is 37.5 Å². The fourth-order valence-electron chi connectivity index (χ4n) is 2.24. The van der Waals surface area contributed by atoms with E-state index in [0.29, 0.717) is 24.8 Å². The first kappa shape index (κ1) is 10.4. The maximum atomic E-state index is 10.7. The van der Waals surface area contributed by atoms with Gasteiger partial charge in [0.25, 0.3) is 0 Å². The molecule has 6 heteroatoms. The van der Waals surface area contributed by atoms with E-state index in [1.807, 2.05) is 0 Å². The van der Waals surface area contributed by atoms with Crippen LogP contribution in [0.4, 0.5) is 0 Å². The summed E-state index contributed by atoms with van der Waals surface area (Å²) in [7, 11) is -3.33. The van der Waals surface area contributed by atoms with Crippen LogP contribution in [0.25, 0.3) is 0 Å². The highest BCUT2D eigenvalue weighted by Gasteiger charge is 2.40. The molecule has 0 aromatic carbocycles. The van der Waals surface area contributed by atoms with Gasteiger partial charge in [0.1, 0.15) is 0 Å². The molecule has 0 aromatic rings. The number of fused-ring (bicyclic) bond motifs is 2. The summed E-state index contributed by atoms with van der Waals surface area (Å²) in [6, 6.07) is 0.329. The Kier molecular flexibility index (Phi) is 2.79. The summed E-state index contributed by atoms with van der Waals surface area (Å²) in [6.45, 7) is 0.427. The Labute approximate surface area is 84.0 Å². The molecule has 2 rings (SSSR count). The minimum atomic E-state index is -3.33. The summed E-state index contributed by atoms with van der Waals surface area (Å²) in [5.41, 5.74) is 0. The fourth-order valence-corrected chi connectivity index (χ4v) is 2.64. The second-order valence-electron chi connectivity index (χ2n) is 4.04. The van der Waals surface area contributed by atoms with Gasteiger partial charge in [0, 0.05) is 12.6 Å². The Morgan fingerprint density at radius 2 is 2.21 bits per heavy atom. The molecule has 0 radical (unpaired) electrons. The van der Waals surface area contributed by atoms with Gasteiger partial charge in [-0.15, -0.1) is 0 Å². The molecule has 2 aliphatic heterocycles. The number of sulfonamides is 1. The molecule has 2 bridgehead atoms. The molecule has 0 aromatic heterocycles. The van der Waals surface area contributed by atoms with Crippen molar-refractivity contribution in [3.63, 3.8) is 0 Å². The van der Waals surface area contributed by atoms with E-state index in [1.165, 1.54) is 0 Å². The van der Waals surface area contributed by atoms with Gasteiger partial charge in [0.05, 0.1) is 18.0 Å². The summed E-state index contributed by atoms with van der Waals surface area (Å²) in [6.07, 6.45) is 3.94. The van der Waals surface area contributed by atoms with Gasteiger partial charge in [-0.2, -0.15) is 0 Å². The van der Waals surface area contributed by atoms with Crippen molar-refractivity contribution in [2.24, 2.45) is 5.14 Å². The molecule has 2 fully saturated rings. The number of hydrogen-bond acceptors (Lipinski definition) is 4. The molecule has 3 atom stereocenters. The zero-order chi connectivity index (χ0) is 10.2. The molecule has 0 aliphatic carbocycles. The van der Waals surface area contributed by atoms with Crippen molar-refractivity contribution < 1.29 is 13.2 Å². The van der Waals surface area contributed by atoms with E-state index in [9.17, 15) is 8.42 Å². The summed E-state index contributed by atoms with van der Waals surface area (Å²) < 4.78 is 27.0. The van der Waals surface area contributed by atoms with Crippen molar-refractivity contribution in [1.82, 2.24) is 5.32 Å². The Morgan fingerprint density at radius 1 is 1.43 bits per heavy atom. The first-order valence-electron chi connectivity index (χ1n) is 4.94. The van der Waals surface area contributed by atoms with Gasteiger partial charge in [0.2, 0.25) is 10.0 Å². The lowest BCUT2D eigenvalue weighted by atomic mass is 9.96. The maximum absolute atomic E-state index is 10.7. The minimum Gasteiger partial charge on any atom is -0.373 e. The third kappa shape index (κ3) is 2.44. The van der Waals surface area contributed by atoms with Crippen molar-refractivity contribution in [3.8, 4) is 0 Å². The van der Waals surface area contributed by atoms with Gasteiger partial charge in [-0.05, 0) is 19.3 Å². The van der Waals surface area contributed by atoms with E-state index < -0.39 is 10.0 Å². The molecule has 3 N–H and O–H groups in total. The van der Waals surface area contributed by atoms with Crippen LogP contribution in [0.5, 0.6) is 0 Å². The van der Waals surface area contributed by atoms with Crippen molar-refractivity contribution in [2.75, 3.05) is 12.3 Å². The van der Waals surface area contributed by atoms with Gasteiger partial charge in [-0.25, -0.2) is 13.6 Å². The second kappa shape index (κ2) is 3.77. The van der Waals surface area contributed by atoms with Crippen LogP contribution in [0, 0.1) is 0 Å². The summed E-state index contributed by atoms with van der Waals surface area (Å²) in [5.74, 6) is 0.000880. The first-order chi connectivity index (χ1) is 6.54. The smallest absolute Gasteiger partial charge is 0.210 e. The SMILES string of the molecule is NS(=O)(=O)CCNC1CC2CCC1O2. The number of ether oxygens (including phenoxy) is 1. The molecule has 2 saturated heterocycles. The van der Waals surface area contributed by atoms with Gasteiger partial charge in [0.15, 0.2) is 0 Å². The number of nitrogens with two attached hydrogens (primary N) is 1. The Hall–Kier alpha value is -0.170. The molecule has 82 valence electrons. The zero-order valence-corrected chi connectivity index (χ0v) is 8.79. The molecular formula is C8H16N2O3S. The maximum Gasteiger partial charge on any atom is 0.210 e. The monoisotopic (exact) mass is 220 g/mol. The molecule has 3 unspecified atom stereocenters. The Bertz CT molecular complexity index is 304. The van der Waals surface area contributed by atoms with E-state index in [1.54, 1.807) is 0 Å². The number of rotatable bonds is 4. The summed E-state index contributed by atoms with van der Waals surface area (Å²) in [4.78, 5) is 0. The number of primary sulfonamides is 1. The third-order valence-electron chi connectivity index (χ3n) is 2.90. The van der Waals surface area contributed by atoms with Crippen molar-refractivity contribution in [3.05, 3.63) is 0 Å². The highest BCUT2D eigenvalue weighted by atomic mass is 32.2. The summed E-state index contributed by atoms with van der Waals surface area (Å²) >= 11 is 0. The van der Waals surface area contributed by atoms with Crippen LogP contribution >= 0.6 is 0 Å². The van der Waals surface area contributed by atoms with Crippen LogP contribution in [-0.2, 0) is 14.8 Å². The molecule has 2 aliphatic rings. The van der Waals surface area contributed by atoms with Crippen LogP contribution in [-0.4, -0.2) is 39.0 Å². The Balaban J connectivity index is 1.72. The minimum absolute atomic E-state index is 0.000880. The molecule has 0 amide bonds. The fraction of sp³-hybridized carbons (Fsp3) is 1.00. The molecule has 5 nitrogen and oxygen atoms in total. The van der Waals surface area contributed by atoms with E-state index in [-0.39, 0.29) is 5.75 Å². The second-order valence-corrected chi connectivity index (χ2v) is 5.77. The van der Waals surface area contributed by atoms with Gasteiger partial charge in [-0.3, -0.25) is 0 Å². The van der Waals surface area contributed by atoms with Gasteiger partial charge < -0.3 is 10.1 Å². The lowest BCUT2D eigenvalue weighted by Gasteiger charge is -2.19. The Morgan fingerprint density at radius 3 is 2.71 bits per heavy atom. The van der Waals surface area contributed by atoms with Crippen molar-refractivity contribution in [1.29, 1.82) is 0 Å². The van der Waals surface area contributed by atoms with Crippen molar-refractivity contribution >= 4 is 10.0 Å². The van der Waals surface area contributed by atoms with E-state index in [4.69, 9.17) is 9.88 Å². The predicted molar refractivity (Wildman–Crippen MR) is 52.3 cm³/mol. The third-order valence-corrected chi connectivity index (χ3v) is 3.67. The van der Waals surface area contributed by atoms with E-state index in [2.05, 4.69) is 5.32 Å². The zero-order valence-electron chi connectivity index (χ0n) is 7.98. The molecular weight excluding hydrogens is 204 g/mol. The molecule has 0 spiro atoms. The molecule has 0 saturated carbocycles. The lowest BCUT2D eigenvalue weighted by molar-refractivity contribution is 0.0977. The lowest BCUT2D eigenvalue weighted by Crippen LogP contribution is -2.40. The van der Waals surface area contributed by atoms with Crippen LogP contribution in [0.15, 0.2) is 0 Å². The highest BCUT2D eigenvalue weighted by Crippen LogP contribution is 2.34. The van der Waals surface area contributed by atoms with Crippen LogP contribution < -0.4 is 10.5 Å². The highest BCUT2D eigenvalue weighted by molar-refractivity contribution is 7.89. The van der Waals surface area contributed by atoms with E-state index >= 15 is 0 Å². The first-order valence-corrected chi connectivity index (χ1v) is 6.65. The predicted octanol–water partition coefficient (Wildman–Crippen LogP) is -0.816. The molecule has 2 heterocycles. The van der Waals surface area contributed by atoms with Crippen LogP contribution in [0.3, 0.4) is 0 Å². The van der Waals surface area contributed by atoms with Gasteiger partial charge in [-0.1, -0.05) is 0 Å². The largest absolute Gasteiger partial charge is 0.373 e. The molecule has 14 heavy (non-hydrogen) atoms. The standard InChI is InChI=1S/C8H16N2O3S/c9-14(11,12)4-3-10-7-5-6-1-2-8(7)13-6/h6-8,10H,1-5H2,(H2,9,11,12). The summed E-state index contributed by atoms with van der Waals surface area (Å²) in [5, 5.41) is 8.08.